The van der Waals surface area contributed by atoms with Gasteiger partial charge in [-0.1, -0.05) is 67.6 Å². The first-order valence-electron chi connectivity index (χ1n) is 15.3. The Balaban J connectivity index is 1.22. The van der Waals surface area contributed by atoms with Crippen LogP contribution < -0.4 is 4.74 Å². The van der Waals surface area contributed by atoms with Crippen LogP contribution in [0.15, 0.2) is 73.3 Å². The summed E-state index contributed by atoms with van der Waals surface area (Å²) in [4.78, 5) is 17.1. The van der Waals surface area contributed by atoms with E-state index in [0.717, 1.165) is 59.0 Å². The summed E-state index contributed by atoms with van der Waals surface area (Å²) in [6.45, 7) is 8.68. The summed E-state index contributed by atoms with van der Waals surface area (Å²) >= 11 is 0. The Hall–Kier alpha value is -5.19. The van der Waals surface area contributed by atoms with Crippen LogP contribution in [0.1, 0.15) is 57.1 Å². The first-order chi connectivity index (χ1) is 22.0. The molecule has 0 amide bonds. The molecule has 45 heavy (non-hydrogen) atoms. The Kier molecular flexibility index (Phi) is 9.04. The van der Waals surface area contributed by atoms with E-state index < -0.39 is 12.4 Å². The molecule has 1 aliphatic rings. The third kappa shape index (κ3) is 6.82. The molecule has 0 aliphatic heterocycles. The Labute approximate surface area is 261 Å². The number of nitrogens with zero attached hydrogens (tertiary/aromatic N) is 5. The van der Waals surface area contributed by atoms with Gasteiger partial charge in [0.25, 0.3) is 6.01 Å². The predicted octanol–water partition coefficient (Wildman–Crippen LogP) is 7.15. The second-order valence-electron chi connectivity index (χ2n) is 10.9. The lowest BCUT2D eigenvalue weighted by Crippen LogP contribution is -2.25. The van der Waals surface area contributed by atoms with Gasteiger partial charge < -0.3 is 18.9 Å². The van der Waals surface area contributed by atoms with Crippen LogP contribution in [0.3, 0.4) is 0 Å². The van der Waals surface area contributed by atoms with Crippen molar-refractivity contribution in [3.63, 3.8) is 0 Å². The first kappa shape index (κ1) is 29.9. The molecule has 1 unspecified atom stereocenters. The number of fused-ring (bicyclic) bond motifs is 1. The quantitative estimate of drug-likeness (QED) is 0.0945. The van der Waals surface area contributed by atoms with Crippen molar-refractivity contribution < 1.29 is 23.7 Å². The number of ether oxygens (including phenoxy) is 4. The second kappa shape index (κ2) is 13.6. The van der Waals surface area contributed by atoms with Crippen molar-refractivity contribution in [1.82, 2.24) is 30.2 Å². The molecule has 1 atom stereocenters. The third-order valence-corrected chi connectivity index (χ3v) is 7.81. The van der Waals surface area contributed by atoms with Crippen molar-refractivity contribution in [2.45, 2.75) is 64.9 Å². The van der Waals surface area contributed by atoms with Gasteiger partial charge in [0.15, 0.2) is 0 Å². The zero-order chi connectivity index (χ0) is 31.2. The van der Waals surface area contributed by atoms with Gasteiger partial charge in [-0.15, -0.1) is 10.2 Å². The van der Waals surface area contributed by atoms with Gasteiger partial charge in [-0.2, -0.15) is 10.2 Å². The maximum absolute atomic E-state index is 12.4. The minimum Gasteiger partial charge on any atom is -0.465 e. The largest absolute Gasteiger partial charge is 0.511 e. The first-order valence-corrected chi connectivity index (χ1v) is 15.3. The number of aromatic nitrogens is 6. The van der Waals surface area contributed by atoms with E-state index in [9.17, 15) is 4.79 Å². The number of carbonyl (C=O) groups excluding carboxylic acids is 1. The Bertz CT molecular complexity index is 1760. The molecule has 0 saturated heterocycles. The number of para-hydroxylation sites is 1. The molecule has 6 rings (SSSR count). The molecule has 1 N–H and O–H groups in total. The van der Waals surface area contributed by atoms with Gasteiger partial charge in [-0.3, -0.25) is 4.57 Å². The highest BCUT2D eigenvalue weighted by molar-refractivity contribution is 5.88. The molecule has 1 fully saturated rings. The third-order valence-electron chi connectivity index (χ3n) is 7.81. The van der Waals surface area contributed by atoms with E-state index in [1.54, 1.807) is 6.92 Å². The van der Waals surface area contributed by atoms with Crippen LogP contribution in [0.4, 0.5) is 4.79 Å². The van der Waals surface area contributed by atoms with Crippen molar-refractivity contribution in [2.75, 3.05) is 6.61 Å². The molecule has 11 nitrogen and oxygen atoms in total. The molecule has 11 heteroatoms. The smallest absolute Gasteiger partial charge is 0.465 e. The summed E-state index contributed by atoms with van der Waals surface area (Å²) in [7, 11) is 0. The topological polar surface area (TPSA) is 126 Å². The van der Waals surface area contributed by atoms with Gasteiger partial charge in [-0.05, 0) is 66.6 Å². The zero-order valence-electron chi connectivity index (χ0n) is 25.4. The van der Waals surface area contributed by atoms with Crippen LogP contribution in [0.25, 0.3) is 39.3 Å². The van der Waals surface area contributed by atoms with Crippen molar-refractivity contribution >= 4 is 22.9 Å². The normalized spacial score (nSPS) is 14.2. The highest BCUT2D eigenvalue weighted by Crippen LogP contribution is 2.33. The summed E-state index contributed by atoms with van der Waals surface area (Å²) in [6.07, 6.45) is 3.29. The number of tetrazole rings is 1. The number of H-pyrrole nitrogens is 1. The monoisotopic (exact) mass is 608 g/mol. The molecule has 2 aromatic heterocycles. The van der Waals surface area contributed by atoms with Crippen molar-refractivity contribution in [2.24, 2.45) is 0 Å². The van der Waals surface area contributed by atoms with E-state index in [1.165, 1.54) is 6.42 Å². The Morgan fingerprint density at radius 3 is 2.51 bits per heavy atom. The fourth-order valence-corrected chi connectivity index (χ4v) is 5.72. The highest BCUT2D eigenvalue weighted by atomic mass is 16.8. The van der Waals surface area contributed by atoms with Crippen LogP contribution >= 0.6 is 0 Å². The summed E-state index contributed by atoms with van der Waals surface area (Å²) in [6, 6.07) is 22.4. The molecule has 3 aromatic carbocycles. The molecule has 1 saturated carbocycles. The number of hydrogen-bond acceptors (Lipinski definition) is 9. The Morgan fingerprint density at radius 2 is 1.78 bits per heavy atom. The SMILES string of the molecule is C=C(OC(C)OC(=O)OC1CCCCC1)c1cccc2nc(OCC)n(Cc3ccc(-c4ccccc4-c4nn[nH]n4)cc3)c12. The number of benzene rings is 3. The number of nitrogens with one attached hydrogen (secondary N) is 1. The molecule has 232 valence electrons. The fourth-order valence-electron chi connectivity index (χ4n) is 5.72. The average molecular weight is 609 g/mol. The van der Waals surface area contributed by atoms with E-state index in [2.05, 4.69) is 51.5 Å². The molecule has 5 aromatic rings. The van der Waals surface area contributed by atoms with Crippen LogP contribution in [-0.2, 0) is 20.8 Å². The highest BCUT2D eigenvalue weighted by Gasteiger charge is 2.23. The molecule has 1 aliphatic carbocycles. The molecular weight excluding hydrogens is 572 g/mol. The maximum Gasteiger partial charge on any atom is 0.511 e. The molecule has 0 spiro atoms. The fraction of sp³-hybridized carbons (Fsp3) is 0.324. The summed E-state index contributed by atoms with van der Waals surface area (Å²) in [5.41, 5.74) is 6.21. The van der Waals surface area contributed by atoms with Crippen LogP contribution in [-0.4, -0.2) is 55.3 Å². The van der Waals surface area contributed by atoms with E-state index in [4.69, 9.17) is 23.9 Å². The number of aromatic amines is 1. The second-order valence-corrected chi connectivity index (χ2v) is 10.9. The number of imidazole rings is 1. The molecule has 2 heterocycles. The van der Waals surface area contributed by atoms with Gasteiger partial charge in [0.05, 0.1) is 24.2 Å². The van der Waals surface area contributed by atoms with Crippen LogP contribution in [0.2, 0.25) is 0 Å². The van der Waals surface area contributed by atoms with E-state index in [-0.39, 0.29) is 6.10 Å². The summed E-state index contributed by atoms with van der Waals surface area (Å²) in [5.74, 6) is 0.882. The van der Waals surface area contributed by atoms with Crippen molar-refractivity contribution in [1.29, 1.82) is 0 Å². The van der Waals surface area contributed by atoms with Gasteiger partial charge in [0.1, 0.15) is 11.9 Å². The van der Waals surface area contributed by atoms with Crippen LogP contribution in [0.5, 0.6) is 6.01 Å². The summed E-state index contributed by atoms with van der Waals surface area (Å²) in [5, 5.41) is 14.5. The molecule has 0 radical (unpaired) electrons. The zero-order valence-corrected chi connectivity index (χ0v) is 25.4. The lowest BCUT2D eigenvalue weighted by atomic mass is 9.98. The lowest BCUT2D eigenvalue weighted by Gasteiger charge is -2.23. The van der Waals surface area contributed by atoms with Crippen molar-refractivity contribution in [3.05, 3.63) is 84.4 Å². The van der Waals surface area contributed by atoms with E-state index in [0.29, 0.717) is 36.3 Å². The van der Waals surface area contributed by atoms with E-state index >= 15 is 0 Å². The van der Waals surface area contributed by atoms with Gasteiger partial charge in [0.2, 0.25) is 12.1 Å². The number of carbonyl (C=O) groups is 1. The molecule has 0 bridgehead atoms. The average Bonchev–Trinajstić information content (AvgIpc) is 3.71. The number of rotatable bonds is 11. The lowest BCUT2D eigenvalue weighted by molar-refractivity contribution is -0.0797. The van der Waals surface area contributed by atoms with Gasteiger partial charge in [0, 0.05) is 18.1 Å². The van der Waals surface area contributed by atoms with Crippen molar-refractivity contribution in [3.8, 4) is 28.5 Å². The van der Waals surface area contributed by atoms with E-state index in [1.807, 2.05) is 54.0 Å². The minimum atomic E-state index is -0.894. The van der Waals surface area contributed by atoms with Gasteiger partial charge >= 0.3 is 6.16 Å². The Morgan fingerprint density at radius 1 is 1.00 bits per heavy atom. The standard InChI is InChI=1S/C34H36N6O5/c1-4-42-33-35-30-16-10-15-27(22(2)43-23(3)44-34(41)45-26-11-6-5-7-12-26)31(30)40(33)21-24-17-19-25(20-18-24)28-13-8-9-14-29(28)32-36-38-39-37-32/h8-10,13-20,23,26H,2,4-7,11-12,21H2,1,3H3,(H,36,37,38,39). The van der Waals surface area contributed by atoms with Crippen LogP contribution in [0, 0.1) is 0 Å². The summed E-state index contributed by atoms with van der Waals surface area (Å²) < 4.78 is 24.8. The van der Waals surface area contributed by atoms with Gasteiger partial charge in [-0.25, -0.2) is 4.79 Å². The maximum atomic E-state index is 12.4. The minimum absolute atomic E-state index is 0.101. The predicted molar refractivity (Wildman–Crippen MR) is 169 cm³/mol. The molecular formula is C34H36N6O5. The number of hydrogen-bond donors (Lipinski definition) is 1.